The first-order valence-electron chi connectivity index (χ1n) is 6.57. The Morgan fingerprint density at radius 3 is 2.90 bits per heavy atom. The first kappa shape index (κ1) is 12.9. The van der Waals surface area contributed by atoms with Gasteiger partial charge in [0.15, 0.2) is 0 Å². The zero-order valence-electron chi connectivity index (χ0n) is 11.2. The van der Waals surface area contributed by atoms with Crippen molar-refractivity contribution in [2.24, 2.45) is 0 Å². The number of nitrogen functional groups attached to an aromatic ring is 1. The van der Waals surface area contributed by atoms with Crippen LogP contribution in [0, 0.1) is 0 Å². The second-order valence-corrected chi connectivity index (χ2v) is 5.53. The number of nitrogens with one attached hydrogen (secondary N) is 1. The van der Waals surface area contributed by atoms with Gasteiger partial charge in [-0.25, -0.2) is 4.98 Å². The number of fused-ring (bicyclic) bond motifs is 1. The van der Waals surface area contributed by atoms with Crippen LogP contribution in [0.15, 0.2) is 42.2 Å². The fraction of sp³-hybridized carbons (Fsp3) is 0.200. The van der Waals surface area contributed by atoms with Crippen molar-refractivity contribution >= 4 is 33.5 Å². The fourth-order valence-corrected chi connectivity index (χ4v) is 3.04. The van der Waals surface area contributed by atoms with Gasteiger partial charge in [-0.15, -0.1) is 11.3 Å². The molecule has 2 aromatic heterocycles. The molecule has 5 heteroatoms. The molecular formula is C15H16N4S. The Kier molecular flexibility index (Phi) is 3.52. The van der Waals surface area contributed by atoms with Crippen molar-refractivity contribution in [1.29, 1.82) is 0 Å². The van der Waals surface area contributed by atoms with Gasteiger partial charge in [0, 0.05) is 46.1 Å². The number of aromatic nitrogens is 2. The first-order valence-corrected chi connectivity index (χ1v) is 7.45. The van der Waals surface area contributed by atoms with Crippen molar-refractivity contribution in [1.82, 2.24) is 9.97 Å². The molecular weight excluding hydrogens is 268 g/mol. The van der Waals surface area contributed by atoms with Gasteiger partial charge in [0.2, 0.25) is 0 Å². The average molecular weight is 284 g/mol. The highest BCUT2D eigenvalue weighted by molar-refractivity contribution is 7.09. The minimum atomic E-state index is 0.210. The summed E-state index contributed by atoms with van der Waals surface area (Å²) in [7, 11) is 0. The molecule has 102 valence electrons. The van der Waals surface area contributed by atoms with Crippen LogP contribution in [0.1, 0.15) is 24.4 Å². The molecule has 0 spiro atoms. The van der Waals surface area contributed by atoms with E-state index in [1.165, 1.54) is 0 Å². The highest BCUT2D eigenvalue weighted by atomic mass is 32.1. The lowest BCUT2D eigenvalue weighted by Crippen LogP contribution is -2.09. The van der Waals surface area contributed by atoms with E-state index in [9.17, 15) is 0 Å². The number of anilines is 2. The molecule has 3 rings (SSSR count). The van der Waals surface area contributed by atoms with Gasteiger partial charge in [0.1, 0.15) is 5.01 Å². The molecule has 1 aromatic carbocycles. The van der Waals surface area contributed by atoms with Crippen LogP contribution in [0.4, 0.5) is 11.4 Å². The van der Waals surface area contributed by atoms with Crippen molar-refractivity contribution in [3.63, 3.8) is 0 Å². The summed E-state index contributed by atoms with van der Waals surface area (Å²) in [5, 5.41) is 8.73. The Bertz CT molecular complexity index is 709. The summed E-state index contributed by atoms with van der Waals surface area (Å²) >= 11 is 1.67. The number of benzene rings is 1. The lowest BCUT2D eigenvalue weighted by atomic mass is 10.1. The molecule has 1 unspecified atom stereocenters. The summed E-state index contributed by atoms with van der Waals surface area (Å²) in [5.74, 6) is 0. The molecule has 2 heterocycles. The van der Waals surface area contributed by atoms with Gasteiger partial charge in [0.05, 0.1) is 6.04 Å². The molecule has 3 aromatic rings. The SMILES string of the molecule is CCC(Nc1ccc(N)c2ccncc12)c1nccs1. The molecule has 0 fully saturated rings. The van der Waals surface area contributed by atoms with Crippen LogP contribution in [0.2, 0.25) is 0 Å². The molecule has 0 radical (unpaired) electrons. The monoisotopic (exact) mass is 284 g/mol. The molecule has 0 amide bonds. The largest absolute Gasteiger partial charge is 0.398 e. The Labute approximate surface area is 121 Å². The van der Waals surface area contributed by atoms with E-state index in [0.717, 1.165) is 33.6 Å². The zero-order chi connectivity index (χ0) is 13.9. The molecule has 0 aliphatic heterocycles. The van der Waals surface area contributed by atoms with E-state index in [1.807, 2.05) is 36.0 Å². The Hall–Kier alpha value is -2.14. The quantitative estimate of drug-likeness (QED) is 0.715. The van der Waals surface area contributed by atoms with Crippen molar-refractivity contribution in [3.8, 4) is 0 Å². The Balaban J connectivity index is 2.00. The lowest BCUT2D eigenvalue weighted by Gasteiger charge is -2.18. The van der Waals surface area contributed by atoms with Crippen LogP contribution in [-0.4, -0.2) is 9.97 Å². The summed E-state index contributed by atoms with van der Waals surface area (Å²) in [6.45, 7) is 2.15. The van der Waals surface area contributed by atoms with E-state index in [2.05, 4.69) is 22.2 Å². The van der Waals surface area contributed by atoms with Crippen LogP contribution < -0.4 is 11.1 Å². The van der Waals surface area contributed by atoms with E-state index in [1.54, 1.807) is 17.5 Å². The molecule has 4 nitrogen and oxygen atoms in total. The standard InChI is InChI=1S/C15H16N4S/c1-2-13(15-18-7-8-20-15)19-14-4-3-12(16)10-5-6-17-9-11(10)14/h3-9,13,19H,2,16H2,1H3. The number of hydrogen-bond acceptors (Lipinski definition) is 5. The number of nitrogens with zero attached hydrogens (tertiary/aromatic N) is 2. The predicted octanol–water partition coefficient (Wildman–Crippen LogP) is 3.84. The third kappa shape index (κ3) is 2.32. The molecule has 3 N–H and O–H groups in total. The minimum absolute atomic E-state index is 0.210. The average Bonchev–Trinajstić information content (AvgIpc) is 3.01. The number of thiazole rings is 1. The van der Waals surface area contributed by atoms with Gasteiger partial charge < -0.3 is 11.1 Å². The van der Waals surface area contributed by atoms with Gasteiger partial charge in [-0.3, -0.25) is 4.98 Å². The van der Waals surface area contributed by atoms with Crippen LogP contribution >= 0.6 is 11.3 Å². The maximum atomic E-state index is 6.02. The molecule has 1 atom stereocenters. The molecule has 0 saturated carbocycles. The highest BCUT2D eigenvalue weighted by Crippen LogP contribution is 2.31. The maximum Gasteiger partial charge on any atom is 0.115 e. The molecule has 0 saturated heterocycles. The second-order valence-electron chi connectivity index (χ2n) is 4.60. The van der Waals surface area contributed by atoms with Gasteiger partial charge in [0.25, 0.3) is 0 Å². The van der Waals surface area contributed by atoms with Crippen molar-refractivity contribution < 1.29 is 0 Å². The molecule has 20 heavy (non-hydrogen) atoms. The number of pyridine rings is 1. The highest BCUT2D eigenvalue weighted by Gasteiger charge is 2.13. The normalized spacial score (nSPS) is 12.4. The van der Waals surface area contributed by atoms with Gasteiger partial charge >= 0.3 is 0 Å². The fourth-order valence-electron chi connectivity index (χ4n) is 2.27. The van der Waals surface area contributed by atoms with Crippen molar-refractivity contribution in [2.75, 3.05) is 11.1 Å². The molecule has 0 bridgehead atoms. The third-order valence-electron chi connectivity index (χ3n) is 3.34. The van der Waals surface area contributed by atoms with Crippen molar-refractivity contribution in [3.05, 3.63) is 47.2 Å². The summed E-state index contributed by atoms with van der Waals surface area (Å²) in [4.78, 5) is 8.60. The number of nitrogens with two attached hydrogens (primary N) is 1. The molecule has 0 aliphatic carbocycles. The van der Waals surface area contributed by atoms with Gasteiger partial charge in [-0.1, -0.05) is 6.92 Å². The van der Waals surface area contributed by atoms with E-state index >= 15 is 0 Å². The number of hydrogen-bond donors (Lipinski definition) is 2. The topological polar surface area (TPSA) is 63.8 Å². The number of rotatable bonds is 4. The van der Waals surface area contributed by atoms with Crippen LogP contribution in [0.3, 0.4) is 0 Å². The van der Waals surface area contributed by atoms with Crippen LogP contribution in [0.5, 0.6) is 0 Å². The Morgan fingerprint density at radius 2 is 2.15 bits per heavy atom. The van der Waals surface area contributed by atoms with Crippen LogP contribution in [-0.2, 0) is 0 Å². The third-order valence-corrected chi connectivity index (χ3v) is 4.23. The second kappa shape index (κ2) is 5.46. The minimum Gasteiger partial charge on any atom is -0.398 e. The Morgan fingerprint density at radius 1 is 1.25 bits per heavy atom. The van der Waals surface area contributed by atoms with Crippen LogP contribution in [0.25, 0.3) is 10.8 Å². The first-order chi connectivity index (χ1) is 9.79. The summed E-state index contributed by atoms with van der Waals surface area (Å²) in [5.41, 5.74) is 7.84. The van der Waals surface area contributed by atoms with Gasteiger partial charge in [-0.2, -0.15) is 0 Å². The summed E-state index contributed by atoms with van der Waals surface area (Å²) in [6.07, 6.45) is 6.43. The predicted molar refractivity (Wildman–Crippen MR) is 84.9 cm³/mol. The van der Waals surface area contributed by atoms with E-state index in [-0.39, 0.29) is 6.04 Å². The maximum absolute atomic E-state index is 6.02. The zero-order valence-corrected chi connectivity index (χ0v) is 12.0. The van der Waals surface area contributed by atoms with Crippen molar-refractivity contribution in [2.45, 2.75) is 19.4 Å². The van der Waals surface area contributed by atoms with E-state index in [4.69, 9.17) is 5.73 Å². The van der Waals surface area contributed by atoms with E-state index < -0.39 is 0 Å². The van der Waals surface area contributed by atoms with E-state index in [0.29, 0.717) is 0 Å². The smallest absolute Gasteiger partial charge is 0.115 e. The lowest BCUT2D eigenvalue weighted by molar-refractivity contribution is 0.743. The molecule has 0 aliphatic rings. The van der Waals surface area contributed by atoms with Gasteiger partial charge in [-0.05, 0) is 24.6 Å². The summed E-state index contributed by atoms with van der Waals surface area (Å²) < 4.78 is 0. The summed E-state index contributed by atoms with van der Waals surface area (Å²) in [6, 6.07) is 6.09.